The molecule has 1 saturated carbocycles. The lowest BCUT2D eigenvalue weighted by atomic mass is 10.1. The van der Waals surface area contributed by atoms with Gasteiger partial charge in [-0.1, -0.05) is 0 Å². The van der Waals surface area contributed by atoms with E-state index in [1.165, 1.54) is 63.1 Å². The summed E-state index contributed by atoms with van der Waals surface area (Å²) in [4.78, 5) is 5.20. The number of hydrogen-bond donors (Lipinski definition) is 1. The molecule has 2 atom stereocenters. The SMILES string of the molecule is CC1CC(Nc2ccc(N3CCCC3)cc2)CN1C1CC1. The first kappa shape index (κ1) is 13.4. The predicted molar refractivity (Wildman–Crippen MR) is 89.1 cm³/mol. The van der Waals surface area contributed by atoms with E-state index in [-0.39, 0.29) is 0 Å². The highest BCUT2D eigenvalue weighted by Crippen LogP contribution is 2.34. The average Bonchev–Trinajstić information content (AvgIpc) is 3.05. The van der Waals surface area contributed by atoms with Crippen molar-refractivity contribution in [2.24, 2.45) is 0 Å². The molecule has 114 valence electrons. The molecule has 1 N–H and O–H groups in total. The van der Waals surface area contributed by atoms with Crippen molar-refractivity contribution in [3.8, 4) is 0 Å². The van der Waals surface area contributed by atoms with Gasteiger partial charge in [-0.05, 0) is 63.3 Å². The minimum absolute atomic E-state index is 0.623. The van der Waals surface area contributed by atoms with Crippen molar-refractivity contribution in [1.82, 2.24) is 4.90 Å². The van der Waals surface area contributed by atoms with Crippen LogP contribution in [0, 0.1) is 0 Å². The number of nitrogens with one attached hydrogen (secondary N) is 1. The Balaban J connectivity index is 1.36. The Morgan fingerprint density at radius 1 is 1.05 bits per heavy atom. The predicted octanol–water partition coefficient (Wildman–Crippen LogP) is 3.32. The van der Waals surface area contributed by atoms with Crippen LogP contribution in [0.25, 0.3) is 0 Å². The third-order valence-electron chi connectivity index (χ3n) is 5.35. The topological polar surface area (TPSA) is 18.5 Å². The van der Waals surface area contributed by atoms with Crippen molar-refractivity contribution in [3.63, 3.8) is 0 Å². The fraction of sp³-hybridized carbons (Fsp3) is 0.667. The molecule has 1 aromatic carbocycles. The minimum Gasteiger partial charge on any atom is -0.381 e. The summed E-state index contributed by atoms with van der Waals surface area (Å²) in [5, 5.41) is 3.74. The molecule has 2 heterocycles. The van der Waals surface area contributed by atoms with E-state index in [9.17, 15) is 0 Å². The Morgan fingerprint density at radius 3 is 2.43 bits per heavy atom. The average molecular weight is 285 g/mol. The second kappa shape index (κ2) is 5.53. The standard InChI is InChI=1S/C18H27N3/c1-14-12-16(13-21(14)18-8-9-18)19-15-4-6-17(7-5-15)20-10-2-3-11-20/h4-7,14,16,18-19H,2-3,8-13H2,1H3. The smallest absolute Gasteiger partial charge is 0.0403 e. The number of hydrogen-bond acceptors (Lipinski definition) is 3. The summed E-state index contributed by atoms with van der Waals surface area (Å²) in [7, 11) is 0. The molecule has 3 fully saturated rings. The van der Waals surface area contributed by atoms with Gasteiger partial charge in [0.25, 0.3) is 0 Å². The molecule has 2 saturated heterocycles. The second-order valence-corrected chi connectivity index (χ2v) is 7.09. The van der Waals surface area contributed by atoms with Crippen molar-refractivity contribution in [2.45, 2.75) is 57.2 Å². The molecule has 3 nitrogen and oxygen atoms in total. The number of anilines is 2. The molecule has 0 amide bonds. The molecular formula is C18H27N3. The lowest BCUT2D eigenvalue weighted by Gasteiger charge is -2.20. The third kappa shape index (κ3) is 2.89. The lowest BCUT2D eigenvalue weighted by Crippen LogP contribution is -2.31. The van der Waals surface area contributed by atoms with Crippen molar-refractivity contribution in [3.05, 3.63) is 24.3 Å². The van der Waals surface area contributed by atoms with Crippen LogP contribution in [0.1, 0.15) is 39.0 Å². The summed E-state index contributed by atoms with van der Waals surface area (Å²) in [6.45, 7) is 6.06. The van der Waals surface area contributed by atoms with E-state index in [2.05, 4.69) is 46.3 Å². The van der Waals surface area contributed by atoms with Crippen LogP contribution in [0.15, 0.2) is 24.3 Å². The van der Waals surface area contributed by atoms with Crippen molar-refractivity contribution in [2.75, 3.05) is 29.9 Å². The first-order valence-electron chi connectivity index (χ1n) is 8.67. The molecule has 2 unspecified atom stereocenters. The molecular weight excluding hydrogens is 258 g/mol. The molecule has 4 rings (SSSR count). The van der Waals surface area contributed by atoms with Gasteiger partial charge >= 0.3 is 0 Å². The van der Waals surface area contributed by atoms with E-state index in [0.717, 1.165) is 12.1 Å². The molecule has 21 heavy (non-hydrogen) atoms. The second-order valence-electron chi connectivity index (χ2n) is 7.09. The zero-order valence-electron chi connectivity index (χ0n) is 13.1. The van der Waals surface area contributed by atoms with E-state index in [1.807, 2.05) is 0 Å². The number of nitrogens with zero attached hydrogens (tertiary/aromatic N) is 2. The number of rotatable bonds is 4. The highest BCUT2D eigenvalue weighted by atomic mass is 15.3. The summed E-state index contributed by atoms with van der Waals surface area (Å²) < 4.78 is 0. The highest BCUT2D eigenvalue weighted by Gasteiger charge is 2.38. The van der Waals surface area contributed by atoms with Crippen LogP contribution in [0.2, 0.25) is 0 Å². The maximum Gasteiger partial charge on any atom is 0.0403 e. The first-order chi connectivity index (χ1) is 10.3. The van der Waals surface area contributed by atoms with Gasteiger partial charge < -0.3 is 10.2 Å². The zero-order chi connectivity index (χ0) is 14.2. The van der Waals surface area contributed by atoms with Crippen LogP contribution in [0.3, 0.4) is 0 Å². The van der Waals surface area contributed by atoms with Crippen LogP contribution in [-0.4, -0.2) is 42.7 Å². The lowest BCUT2D eigenvalue weighted by molar-refractivity contribution is 0.257. The van der Waals surface area contributed by atoms with Crippen LogP contribution < -0.4 is 10.2 Å². The molecule has 1 aliphatic carbocycles. The van der Waals surface area contributed by atoms with E-state index in [0.29, 0.717) is 6.04 Å². The highest BCUT2D eigenvalue weighted by molar-refractivity contribution is 5.56. The van der Waals surface area contributed by atoms with Gasteiger partial charge in [0.15, 0.2) is 0 Å². The van der Waals surface area contributed by atoms with Gasteiger partial charge in [0.05, 0.1) is 0 Å². The third-order valence-corrected chi connectivity index (χ3v) is 5.35. The summed E-state index contributed by atoms with van der Waals surface area (Å²) in [5.74, 6) is 0. The first-order valence-corrected chi connectivity index (χ1v) is 8.67. The van der Waals surface area contributed by atoms with E-state index < -0.39 is 0 Å². The summed E-state index contributed by atoms with van der Waals surface area (Å²) in [5.41, 5.74) is 2.67. The fourth-order valence-corrected chi connectivity index (χ4v) is 4.06. The largest absolute Gasteiger partial charge is 0.381 e. The molecule has 0 aromatic heterocycles. The molecule has 3 heteroatoms. The number of likely N-dealkylation sites (tertiary alicyclic amines) is 1. The summed E-state index contributed by atoms with van der Waals surface area (Å²) in [6.07, 6.45) is 6.81. The quantitative estimate of drug-likeness (QED) is 0.915. The Kier molecular flexibility index (Phi) is 3.54. The van der Waals surface area contributed by atoms with Gasteiger partial charge in [-0.3, -0.25) is 4.90 Å². The molecule has 0 spiro atoms. The van der Waals surface area contributed by atoms with E-state index in [1.54, 1.807) is 0 Å². The zero-order valence-corrected chi connectivity index (χ0v) is 13.1. The van der Waals surface area contributed by atoms with Gasteiger partial charge in [-0.15, -0.1) is 0 Å². The summed E-state index contributed by atoms with van der Waals surface area (Å²) in [6, 6.07) is 11.4. The van der Waals surface area contributed by atoms with Crippen molar-refractivity contribution in [1.29, 1.82) is 0 Å². The number of benzene rings is 1. The Bertz CT molecular complexity index is 474. The van der Waals surface area contributed by atoms with Crippen molar-refractivity contribution < 1.29 is 0 Å². The van der Waals surface area contributed by atoms with Gasteiger partial charge in [0.2, 0.25) is 0 Å². The summed E-state index contributed by atoms with van der Waals surface area (Å²) >= 11 is 0. The molecule has 3 aliphatic rings. The van der Waals surface area contributed by atoms with Gasteiger partial charge in [-0.2, -0.15) is 0 Å². The minimum atomic E-state index is 0.623. The molecule has 0 radical (unpaired) electrons. The van der Waals surface area contributed by atoms with Crippen LogP contribution in [0.5, 0.6) is 0 Å². The Morgan fingerprint density at radius 2 is 1.76 bits per heavy atom. The van der Waals surface area contributed by atoms with E-state index >= 15 is 0 Å². The Hall–Kier alpha value is -1.22. The maximum atomic E-state index is 3.74. The monoisotopic (exact) mass is 285 g/mol. The fourth-order valence-electron chi connectivity index (χ4n) is 4.06. The van der Waals surface area contributed by atoms with Crippen LogP contribution >= 0.6 is 0 Å². The van der Waals surface area contributed by atoms with Gasteiger partial charge in [0, 0.05) is 49.1 Å². The molecule has 1 aromatic rings. The Labute approximate surface area is 128 Å². The van der Waals surface area contributed by atoms with Crippen molar-refractivity contribution >= 4 is 11.4 Å². The maximum absolute atomic E-state index is 3.74. The normalized spacial score (nSPS) is 30.0. The molecule has 0 bridgehead atoms. The van der Waals surface area contributed by atoms with Gasteiger partial charge in [-0.25, -0.2) is 0 Å². The van der Waals surface area contributed by atoms with Gasteiger partial charge in [0.1, 0.15) is 0 Å². The van der Waals surface area contributed by atoms with Crippen LogP contribution in [-0.2, 0) is 0 Å². The van der Waals surface area contributed by atoms with E-state index in [4.69, 9.17) is 0 Å². The van der Waals surface area contributed by atoms with Crippen LogP contribution in [0.4, 0.5) is 11.4 Å². The molecule has 2 aliphatic heterocycles.